The Balaban J connectivity index is 3.01. The molecule has 3 rings (SSSR count). The summed E-state index contributed by atoms with van der Waals surface area (Å²) in [6.07, 6.45) is 0. The van der Waals surface area contributed by atoms with E-state index in [1.165, 1.54) is 0 Å². The molecule has 0 aliphatic rings. The Morgan fingerprint density at radius 1 is 0.643 bits per heavy atom. The van der Waals surface area contributed by atoms with Gasteiger partial charge in [-0.3, -0.25) is 19.9 Å². The van der Waals surface area contributed by atoms with Crippen LogP contribution in [-0.4, -0.2) is 19.9 Å². The van der Waals surface area contributed by atoms with E-state index in [2.05, 4.69) is 29.6 Å². The molecule has 8 heteroatoms. The van der Waals surface area contributed by atoms with Crippen molar-refractivity contribution < 1.29 is 0 Å². The maximum atomic E-state index is 9.51. The normalized spacial score (nSPS) is 10.0. The van der Waals surface area contributed by atoms with Crippen LogP contribution in [0, 0.1) is 63.5 Å². The first-order valence-electron chi connectivity index (χ1n) is 8.13. The summed E-state index contributed by atoms with van der Waals surface area (Å²) in [5, 5.41) is 19.5. The van der Waals surface area contributed by atoms with Crippen LogP contribution >= 0.6 is 0 Å². The Morgan fingerprint density at radius 3 is 1.07 bits per heavy atom. The fraction of sp³-hybridized carbons (Fsp3) is 0.200. The van der Waals surface area contributed by atoms with Crippen molar-refractivity contribution in [1.29, 1.82) is 10.5 Å². The molecular formula is C20H12N8. The molecule has 0 spiro atoms. The number of aromatic nitrogens is 4. The van der Waals surface area contributed by atoms with E-state index in [9.17, 15) is 10.5 Å². The molecule has 28 heavy (non-hydrogen) atoms. The summed E-state index contributed by atoms with van der Waals surface area (Å²) in [4.78, 5) is 24.8. The van der Waals surface area contributed by atoms with Crippen molar-refractivity contribution in [3.8, 4) is 12.1 Å². The van der Waals surface area contributed by atoms with Gasteiger partial charge in [0.1, 0.15) is 0 Å². The molecule has 0 aliphatic carbocycles. The van der Waals surface area contributed by atoms with Crippen molar-refractivity contribution in [1.82, 2.24) is 19.9 Å². The average molecular weight is 364 g/mol. The Morgan fingerprint density at radius 2 is 0.893 bits per heavy atom. The Labute approximate surface area is 160 Å². The van der Waals surface area contributed by atoms with E-state index in [4.69, 9.17) is 13.1 Å². The van der Waals surface area contributed by atoms with Gasteiger partial charge in [-0.15, -0.1) is 0 Å². The second kappa shape index (κ2) is 6.72. The second-order valence-electron chi connectivity index (χ2n) is 6.08. The van der Waals surface area contributed by atoms with Crippen LogP contribution in [0.25, 0.3) is 43.2 Å². The first-order chi connectivity index (χ1) is 13.4. The monoisotopic (exact) mass is 364 g/mol. The number of rotatable bonds is 0. The molecule has 0 unspecified atom stereocenters. The summed E-state index contributed by atoms with van der Waals surface area (Å²) >= 11 is 0. The number of benzene rings is 1. The number of hydrogen-bond donors (Lipinski definition) is 0. The summed E-state index contributed by atoms with van der Waals surface area (Å²) in [5.74, 6) is 0. The summed E-state index contributed by atoms with van der Waals surface area (Å²) < 4.78 is 0. The van der Waals surface area contributed by atoms with Crippen molar-refractivity contribution in [3.05, 3.63) is 56.0 Å². The van der Waals surface area contributed by atoms with Crippen molar-refractivity contribution in [3.63, 3.8) is 0 Å². The van der Waals surface area contributed by atoms with Crippen LogP contribution in [0.1, 0.15) is 22.8 Å². The molecule has 8 nitrogen and oxygen atoms in total. The molecule has 2 heterocycles. The van der Waals surface area contributed by atoms with Gasteiger partial charge in [-0.2, -0.15) is 0 Å². The zero-order chi connectivity index (χ0) is 20.6. The first kappa shape index (κ1) is 18.4. The summed E-state index contributed by atoms with van der Waals surface area (Å²) in [7, 11) is 0. The molecule has 0 saturated heterocycles. The van der Waals surface area contributed by atoms with Gasteiger partial charge in [-0.25, -0.2) is 20.2 Å². The van der Waals surface area contributed by atoms with Gasteiger partial charge in [0.25, 0.3) is 11.4 Å². The molecule has 132 valence electrons. The molecule has 3 aromatic rings. The molecule has 0 N–H and O–H groups in total. The summed E-state index contributed by atoms with van der Waals surface area (Å²) in [6, 6.07) is 3.78. The molecule has 0 saturated carbocycles. The van der Waals surface area contributed by atoms with Crippen LogP contribution in [0.3, 0.4) is 0 Å². The van der Waals surface area contributed by atoms with E-state index in [0.29, 0.717) is 22.8 Å². The van der Waals surface area contributed by atoms with E-state index in [1.807, 2.05) is 12.1 Å². The SMILES string of the molecule is [C-]#[N+]C(C#N)=c1c2nc(C)c(C)nc2c(=C(C#N)[N+]#[C-])c2nc(C)c(C)nc12. The number of hydrogen-bond acceptors (Lipinski definition) is 6. The van der Waals surface area contributed by atoms with Crippen LogP contribution < -0.4 is 10.4 Å². The predicted molar refractivity (Wildman–Crippen MR) is 102 cm³/mol. The third kappa shape index (κ3) is 2.58. The van der Waals surface area contributed by atoms with Gasteiger partial charge >= 0.3 is 0 Å². The quantitative estimate of drug-likeness (QED) is 0.445. The summed E-state index contributed by atoms with van der Waals surface area (Å²) in [5.41, 5.74) is 3.08. The fourth-order valence-electron chi connectivity index (χ4n) is 2.85. The lowest BCUT2D eigenvalue weighted by Crippen LogP contribution is -2.23. The highest BCUT2D eigenvalue weighted by Crippen LogP contribution is 2.15. The molecule has 0 aliphatic heterocycles. The van der Waals surface area contributed by atoms with Gasteiger partial charge in [0.05, 0.1) is 70.1 Å². The number of aryl methyl sites for hydroxylation is 4. The van der Waals surface area contributed by atoms with Gasteiger partial charge in [-0.05, 0) is 27.7 Å². The standard InChI is InChI=1S/C20H12N8/c1-9-10(2)26-18-16(14(8-22)24-6)20-19(27-11(3)12(4)28-20)15(17(18)25-9)13(7-21)23-5/h1-4H3. The Bertz CT molecular complexity index is 1260. The van der Waals surface area contributed by atoms with Crippen molar-refractivity contribution in [2.24, 2.45) is 0 Å². The minimum absolute atomic E-state index is 0.196. The molecule has 0 radical (unpaired) electrons. The maximum Gasteiger partial charge on any atom is 0.273 e. The van der Waals surface area contributed by atoms with E-state index in [0.717, 1.165) is 0 Å². The lowest BCUT2D eigenvalue weighted by atomic mass is 10.1. The third-order valence-electron chi connectivity index (χ3n) is 4.47. The van der Waals surface area contributed by atoms with E-state index < -0.39 is 0 Å². The van der Waals surface area contributed by atoms with E-state index >= 15 is 0 Å². The molecule has 0 fully saturated rings. The molecule has 0 bridgehead atoms. The highest BCUT2D eigenvalue weighted by molar-refractivity contribution is 5.99. The number of fused-ring (bicyclic) bond motifs is 2. The fourth-order valence-corrected chi connectivity index (χ4v) is 2.85. The number of nitriles is 2. The Kier molecular flexibility index (Phi) is 4.42. The van der Waals surface area contributed by atoms with Crippen LogP contribution in [0.4, 0.5) is 0 Å². The minimum Gasteiger partial charge on any atom is -0.250 e. The molecule has 2 aromatic heterocycles. The van der Waals surface area contributed by atoms with Crippen molar-refractivity contribution in [2.75, 3.05) is 0 Å². The smallest absolute Gasteiger partial charge is 0.250 e. The highest BCUT2D eigenvalue weighted by atomic mass is 14.9. The van der Waals surface area contributed by atoms with Gasteiger partial charge < -0.3 is 0 Å². The molecular weight excluding hydrogens is 352 g/mol. The minimum atomic E-state index is -0.196. The Hall–Kier alpha value is -4.40. The highest BCUT2D eigenvalue weighted by Gasteiger charge is 2.18. The van der Waals surface area contributed by atoms with Crippen LogP contribution in [-0.2, 0) is 0 Å². The second-order valence-corrected chi connectivity index (χ2v) is 6.08. The van der Waals surface area contributed by atoms with E-state index in [-0.39, 0.29) is 43.9 Å². The van der Waals surface area contributed by atoms with Gasteiger partial charge in [-0.1, -0.05) is 0 Å². The topological polar surface area (TPSA) is 108 Å². The largest absolute Gasteiger partial charge is 0.273 e. The van der Waals surface area contributed by atoms with E-state index in [1.54, 1.807) is 27.7 Å². The zero-order valence-corrected chi connectivity index (χ0v) is 15.6. The summed E-state index contributed by atoms with van der Waals surface area (Å²) in [6.45, 7) is 21.9. The van der Waals surface area contributed by atoms with Crippen molar-refractivity contribution in [2.45, 2.75) is 27.7 Å². The van der Waals surface area contributed by atoms with Crippen LogP contribution in [0.5, 0.6) is 0 Å². The molecule has 0 atom stereocenters. The molecule has 1 aromatic carbocycles. The predicted octanol–water partition coefficient (Wildman–Crippen LogP) is 1.91. The zero-order valence-electron chi connectivity index (χ0n) is 15.6. The van der Waals surface area contributed by atoms with Gasteiger partial charge in [0, 0.05) is 10.4 Å². The van der Waals surface area contributed by atoms with Crippen LogP contribution in [0.2, 0.25) is 0 Å². The lowest BCUT2D eigenvalue weighted by molar-refractivity contribution is 1.08. The third-order valence-corrected chi connectivity index (χ3v) is 4.47. The van der Waals surface area contributed by atoms with Gasteiger partial charge in [0.2, 0.25) is 0 Å². The van der Waals surface area contributed by atoms with Gasteiger partial charge in [0.15, 0.2) is 0 Å². The first-order valence-corrected chi connectivity index (χ1v) is 8.13. The number of nitrogens with zero attached hydrogens (tertiary/aromatic N) is 8. The van der Waals surface area contributed by atoms with Crippen molar-refractivity contribution >= 4 is 33.5 Å². The molecule has 0 amide bonds. The maximum absolute atomic E-state index is 9.51. The van der Waals surface area contributed by atoms with Crippen LogP contribution in [0.15, 0.2) is 0 Å². The average Bonchev–Trinajstić information content (AvgIpc) is 2.68. The lowest BCUT2D eigenvalue weighted by Gasteiger charge is -2.10.